The molecule has 1 unspecified atom stereocenters. The lowest BCUT2D eigenvalue weighted by Gasteiger charge is -2.31. The molecule has 2 amide bonds. The summed E-state index contributed by atoms with van der Waals surface area (Å²) >= 11 is 0. The molecule has 0 bridgehead atoms. The van der Waals surface area contributed by atoms with Crippen molar-refractivity contribution in [3.63, 3.8) is 0 Å². The van der Waals surface area contributed by atoms with Crippen LogP contribution >= 0.6 is 0 Å². The molecule has 1 aromatic carbocycles. The van der Waals surface area contributed by atoms with Gasteiger partial charge >= 0.3 is 6.03 Å². The quantitative estimate of drug-likeness (QED) is 0.887. The molecule has 4 nitrogen and oxygen atoms in total. The van der Waals surface area contributed by atoms with Gasteiger partial charge in [-0.2, -0.15) is 0 Å². The molecule has 0 aromatic heterocycles. The fourth-order valence-electron chi connectivity index (χ4n) is 4.09. The summed E-state index contributed by atoms with van der Waals surface area (Å²) in [4.78, 5) is 14.0. The number of hydrogen-bond acceptors (Lipinski definition) is 2. The summed E-state index contributed by atoms with van der Waals surface area (Å²) in [6.07, 6.45) is 3.94. The lowest BCUT2D eigenvalue weighted by atomic mass is 9.78. The van der Waals surface area contributed by atoms with Crippen LogP contribution in [0.25, 0.3) is 0 Å². The number of rotatable bonds is 4. The average molecular weight is 338 g/mol. The number of carbonyl (C=O) groups excluding carboxylic acids is 1. The second kappa shape index (κ2) is 7.05. The summed E-state index contributed by atoms with van der Waals surface area (Å²) in [5.74, 6) is -0.944. The topological polar surface area (TPSA) is 52.6 Å². The number of aliphatic hydroxyl groups is 1. The number of halogens is 2. The zero-order valence-electron chi connectivity index (χ0n) is 13.7. The number of likely N-dealkylation sites (tertiary alicyclic amines) is 1. The SMILES string of the molecule is O=C(NCC1(c2c(F)cccc2F)CCCC1)N1CCC(CO)C1. The minimum absolute atomic E-state index is 0.0775. The van der Waals surface area contributed by atoms with E-state index in [-0.39, 0.29) is 30.7 Å². The molecule has 1 aliphatic carbocycles. The van der Waals surface area contributed by atoms with Crippen molar-refractivity contribution in [2.45, 2.75) is 37.5 Å². The van der Waals surface area contributed by atoms with Crippen LogP contribution in [0.15, 0.2) is 18.2 Å². The van der Waals surface area contributed by atoms with E-state index in [1.54, 1.807) is 4.90 Å². The fourth-order valence-corrected chi connectivity index (χ4v) is 4.09. The first-order chi connectivity index (χ1) is 11.6. The standard InChI is InChI=1S/C18H24F2N2O2/c19-14-4-3-5-15(20)16(14)18(7-1-2-8-18)12-21-17(24)22-9-6-13(10-22)11-23/h3-5,13,23H,1-2,6-12H2,(H,21,24). The molecular weight excluding hydrogens is 314 g/mol. The van der Waals surface area contributed by atoms with Gasteiger partial charge in [0.1, 0.15) is 11.6 Å². The molecule has 2 fully saturated rings. The maximum atomic E-state index is 14.3. The number of benzene rings is 1. The van der Waals surface area contributed by atoms with Crippen LogP contribution in [0, 0.1) is 17.6 Å². The Balaban J connectivity index is 1.72. The monoisotopic (exact) mass is 338 g/mol. The van der Waals surface area contributed by atoms with Gasteiger partial charge in [-0.25, -0.2) is 13.6 Å². The Labute approximate surface area is 140 Å². The Morgan fingerprint density at radius 2 is 1.96 bits per heavy atom. The maximum absolute atomic E-state index is 14.3. The summed E-state index contributed by atoms with van der Waals surface area (Å²) in [7, 11) is 0. The largest absolute Gasteiger partial charge is 0.396 e. The van der Waals surface area contributed by atoms with Crippen molar-refractivity contribution in [2.24, 2.45) is 5.92 Å². The van der Waals surface area contributed by atoms with Crippen LogP contribution in [0.2, 0.25) is 0 Å². The second-order valence-corrected chi connectivity index (χ2v) is 7.03. The van der Waals surface area contributed by atoms with Crippen molar-refractivity contribution in [3.8, 4) is 0 Å². The van der Waals surface area contributed by atoms with E-state index in [1.165, 1.54) is 18.2 Å². The number of amides is 2. The number of aliphatic hydroxyl groups excluding tert-OH is 1. The number of nitrogens with one attached hydrogen (secondary N) is 1. The highest BCUT2D eigenvalue weighted by Crippen LogP contribution is 2.42. The van der Waals surface area contributed by atoms with Crippen LogP contribution in [0.4, 0.5) is 13.6 Å². The van der Waals surface area contributed by atoms with Crippen molar-refractivity contribution in [1.29, 1.82) is 0 Å². The van der Waals surface area contributed by atoms with Gasteiger partial charge in [0.15, 0.2) is 0 Å². The molecule has 1 atom stereocenters. The third kappa shape index (κ3) is 3.24. The van der Waals surface area contributed by atoms with Gasteiger partial charge in [-0.05, 0) is 31.4 Å². The Morgan fingerprint density at radius 1 is 1.29 bits per heavy atom. The molecule has 1 heterocycles. The van der Waals surface area contributed by atoms with E-state index in [2.05, 4.69) is 5.32 Å². The van der Waals surface area contributed by atoms with Gasteiger partial charge in [0.2, 0.25) is 0 Å². The smallest absolute Gasteiger partial charge is 0.317 e. The van der Waals surface area contributed by atoms with Crippen LogP contribution < -0.4 is 5.32 Å². The number of nitrogens with zero attached hydrogens (tertiary/aromatic N) is 1. The summed E-state index contributed by atoms with van der Waals surface area (Å²) in [6, 6.07) is 3.72. The van der Waals surface area contributed by atoms with Crippen molar-refractivity contribution >= 4 is 6.03 Å². The Bertz CT molecular complexity index is 582. The summed E-state index contributed by atoms with van der Waals surface area (Å²) < 4.78 is 28.6. The van der Waals surface area contributed by atoms with E-state index in [4.69, 9.17) is 0 Å². The van der Waals surface area contributed by atoms with E-state index < -0.39 is 17.0 Å². The van der Waals surface area contributed by atoms with Gasteiger partial charge in [0.25, 0.3) is 0 Å². The van der Waals surface area contributed by atoms with Crippen LogP contribution in [0.1, 0.15) is 37.7 Å². The third-order valence-corrected chi connectivity index (χ3v) is 5.46. The highest BCUT2D eigenvalue weighted by Gasteiger charge is 2.40. The first-order valence-corrected chi connectivity index (χ1v) is 8.64. The van der Waals surface area contributed by atoms with Crippen molar-refractivity contribution in [2.75, 3.05) is 26.2 Å². The van der Waals surface area contributed by atoms with E-state index in [0.717, 1.165) is 19.3 Å². The normalized spacial score (nSPS) is 22.8. The lowest BCUT2D eigenvalue weighted by Crippen LogP contribution is -2.45. The average Bonchev–Trinajstić information content (AvgIpc) is 3.22. The summed E-state index contributed by atoms with van der Waals surface area (Å²) in [5, 5.41) is 12.1. The zero-order valence-corrected chi connectivity index (χ0v) is 13.7. The van der Waals surface area contributed by atoms with Gasteiger partial charge in [0.05, 0.1) is 0 Å². The van der Waals surface area contributed by atoms with Gasteiger partial charge in [-0.3, -0.25) is 0 Å². The fraction of sp³-hybridized carbons (Fsp3) is 0.611. The van der Waals surface area contributed by atoms with E-state index >= 15 is 0 Å². The first-order valence-electron chi connectivity index (χ1n) is 8.64. The lowest BCUT2D eigenvalue weighted by molar-refractivity contribution is 0.195. The minimum atomic E-state index is -0.665. The molecule has 24 heavy (non-hydrogen) atoms. The molecule has 0 radical (unpaired) electrons. The van der Waals surface area contributed by atoms with Crippen LogP contribution in [-0.4, -0.2) is 42.3 Å². The second-order valence-electron chi connectivity index (χ2n) is 7.03. The van der Waals surface area contributed by atoms with Gasteiger partial charge in [-0.15, -0.1) is 0 Å². The van der Waals surface area contributed by atoms with Gasteiger partial charge in [0, 0.05) is 43.1 Å². The molecule has 1 saturated carbocycles. The Morgan fingerprint density at radius 3 is 2.54 bits per heavy atom. The molecule has 2 aliphatic rings. The predicted octanol–water partition coefficient (Wildman–Crippen LogP) is 2.80. The van der Waals surface area contributed by atoms with Gasteiger partial charge in [-0.1, -0.05) is 18.9 Å². The number of urea groups is 1. The molecule has 2 N–H and O–H groups in total. The molecule has 6 heteroatoms. The molecular formula is C18H24F2N2O2. The Hall–Kier alpha value is -1.69. The van der Waals surface area contributed by atoms with Crippen molar-refractivity contribution < 1.29 is 18.7 Å². The minimum Gasteiger partial charge on any atom is -0.396 e. The summed E-state index contributed by atoms with van der Waals surface area (Å²) in [5.41, 5.74) is -0.557. The highest BCUT2D eigenvalue weighted by atomic mass is 19.1. The zero-order chi connectivity index (χ0) is 17.2. The highest BCUT2D eigenvalue weighted by molar-refractivity contribution is 5.74. The molecule has 132 valence electrons. The van der Waals surface area contributed by atoms with Crippen LogP contribution in [0.5, 0.6) is 0 Å². The maximum Gasteiger partial charge on any atom is 0.317 e. The van der Waals surface area contributed by atoms with Crippen molar-refractivity contribution in [3.05, 3.63) is 35.4 Å². The van der Waals surface area contributed by atoms with E-state index in [0.29, 0.717) is 25.9 Å². The van der Waals surface area contributed by atoms with E-state index in [9.17, 15) is 18.7 Å². The third-order valence-electron chi connectivity index (χ3n) is 5.46. The number of carbonyl (C=O) groups is 1. The van der Waals surface area contributed by atoms with E-state index in [1.807, 2.05) is 0 Å². The predicted molar refractivity (Wildman–Crippen MR) is 86.7 cm³/mol. The number of hydrogen-bond donors (Lipinski definition) is 2. The molecule has 1 aromatic rings. The van der Waals surface area contributed by atoms with Crippen LogP contribution in [-0.2, 0) is 5.41 Å². The van der Waals surface area contributed by atoms with Crippen molar-refractivity contribution in [1.82, 2.24) is 10.2 Å². The van der Waals surface area contributed by atoms with Crippen LogP contribution in [0.3, 0.4) is 0 Å². The summed E-state index contributed by atoms with van der Waals surface area (Å²) in [6.45, 7) is 1.46. The van der Waals surface area contributed by atoms with Gasteiger partial charge < -0.3 is 15.3 Å². The Kier molecular flexibility index (Phi) is 5.04. The molecule has 0 spiro atoms. The first kappa shape index (κ1) is 17.1. The molecule has 1 saturated heterocycles. The molecule has 1 aliphatic heterocycles. The molecule has 3 rings (SSSR count).